The lowest BCUT2D eigenvalue weighted by Crippen LogP contribution is -2.32. The summed E-state index contributed by atoms with van der Waals surface area (Å²) in [6.07, 6.45) is 0.592. The summed E-state index contributed by atoms with van der Waals surface area (Å²) in [7, 11) is 0. The number of nitrogens with one attached hydrogen (secondary N) is 1. The zero-order valence-electron chi connectivity index (χ0n) is 11.9. The van der Waals surface area contributed by atoms with Gasteiger partial charge in [-0.15, -0.1) is 0 Å². The molecule has 0 unspecified atom stereocenters. The van der Waals surface area contributed by atoms with E-state index in [4.69, 9.17) is 4.74 Å². The quantitative estimate of drug-likeness (QED) is 0.634. The number of rotatable bonds is 6. The van der Waals surface area contributed by atoms with Crippen LogP contribution in [0.5, 0.6) is 0 Å². The minimum atomic E-state index is -0.395. The minimum Gasteiger partial charge on any atom is -0.461 e. The zero-order valence-corrected chi connectivity index (χ0v) is 11.9. The highest BCUT2D eigenvalue weighted by atomic mass is 16.5. The first-order valence-corrected chi connectivity index (χ1v) is 6.85. The minimum absolute atomic E-state index is 0.0384. The number of imide groups is 1. The van der Waals surface area contributed by atoms with E-state index in [1.807, 2.05) is 31.2 Å². The van der Waals surface area contributed by atoms with Gasteiger partial charge >= 0.3 is 12.0 Å². The fraction of sp³-hybridized carbons (Fsp3) is 0.400. The summed E-state index contributed by atoms with van der Waals surface area (Å²) in [4.78, 5) is 35.3. The predicted octanol–water partition coefficient (Wildman–Crippen LogP) is 1.37. The second-order valence-electron chi connectivity index (χ2n) is 4.95. The third-order valence-electron chi connectivity index (χ3n) is 3.22. The molecule has 6 nitrogen and oxygen atoms in total. The van der Waals surface area contributed by atoms with E-state index in [0.717, 1.165) is 16.0 Å². The van der Waals surface area contributed by atoms with Crippen LogP contribution in [0.4, 0.5) is 4.79 Å². The third-order valence-corrected chi connectivity index (χ3v) is 3.22. The molecule has 1 aromatic rings. The Kier molecular flexibility index (Phi) is 4.92. The first kappa shape index (κ1) is 15.0. The van der Waals surface area contributed by atoms with Crippen molar-refractivity contribution in [2.75, 3.05) is 13.1 Å². The molecule has 1 fully saturated rings. The molecule has 3 amide bonds. The van der Waals surface area contributed by atoms with Crippen molar-refractivity contribution in [3.8, 4) is 0 Å². The van der Waals surface area contributed by atoms with Crippen LogP contribution in [0.15, 0.2) is 24.3 Å². The molecule has 0 aromatic heterocycles. The number of urea groups is 1. The SMILES string of the molecule is Cc1ccc(COC(=O)CCCN2C(=O)CNC2=O)cc1. The number of carbonyl (C=O) groups excluding carboxylic acids is 3. The van der Waals surface area contributed by atoms with Crippen molar-refractivity contribution >= 4 is 17.9 Å². The Hall–Kier alpha value is -2.37. The second kappa shape index (κ2) is 6.88. The van der Waals surface area contributed by atoms with Gasteiger partial charge in [0.25, 0.3) is 0 Å². The van der Waals surface area contributed by atoms with Crippen LogP contribution in [-0.4, -0.2) is 35.9 Å². The fourth-order valence-electron chi connectivity index (χ4n) is 1.98. The lowest BCUT2D eigenvalue weighted by Gasteiger charge is -2.11. The van der Waals surface area contributed by atoms with Gasteiger partial charge in [0.15, 0.2) is 0 Å². The van der Waals surface area contributed by atoms with Gasteiger partial charge in [-0.2, -0.15) is 0 Å². The molecule has 0 bridgehead atoms. The van der Waals surface area contributed by atoms with E-state index in [1.54, 1.807) is 0 Å². The summed E-state index contributed by atoms with van der Waals surface area (Å²) in [5.74, 6) is -0.587. The number of hydrogen-bond acceptors (Lipinski definition) is 4. The van der Waals surface area contributed by atoms with E-state index >= 15 is 0 Å². The van der Waals surface area contributed by atoms with Crippen LogP contribution in [0.2, 0.25) is 0 Å². The number of ether oxygens (including phenoxy) is 1. The number of esters is 1. The molecule has 0 atom stereocenters. The van der Waals surface area contributed by atoms with Crippen LogP contribution in [0.3, 0.4) is 0 Å². The highest BCUT2D eigenvalue weighted by molar-refractivity contribution is 6.01. The van der Waals surface area contributed by atoms with Gasteiger partial charge in [-0.05, 0) is 18.9 Å². The lowest BCUT2D eigenvalue weighted by atomic mass is 10.2. The summed E-state index contributed by atoms with van der Waals surface area (Å²) in [5, 5.41) is 2.43. The van der Waals surface area contributed by atoms with E-state index in [2.05, 4.69) is 5.32 Å². The van der Waals surface area contributed by atoms with Crippen LogP contribution in [0.25, 0.3) is 0 Å². The molecule has 0 aliphatic carbocycles. The summed E-state index contributed by atoms with van der Waals surface area (Å²) >= 11 is 0. The number of benzene rings is 1. The molecule has 1 saturated heterocycles. The maximum atomic E-state index is 11.6. The van der Waals surface area contributed by atoms with Crippen molar-refractivity contribution in [3.05, 3.63) is 35.4 Å². The maximum Gasteiger partial charge on any atom is 0.324 e. The molecule has 1 aliphatic heterocycles. The van der Waals surface area contributed by atoms with Crippen molar-refractivity contribution in [3.63, 3.8) is 0 Å². The average Bonchev–Trinajstić information content (AvgIpc) is 2.78. The number of nitrogens with zero attached hydrogens (tertiary/aromatic N) is 1. The third kappa shape index (κ3) is 4.30. The number of hydrogen-bond donors (Lipinski definition) is 1. The van der Waals surface area contributed by atoms with Crippen LogP contribution in [-0.2, 0) is 20.9 Å². The van der Waals surface area contributed by atoms with Crippen LogP contribution in [0, 0.1) is 6.92 Å². The second-order valence-corrected chi connectivity index (χ2v) is 4.95. The zero-order chi connectivity index (χ0) is 15.2. The number of aryl methyl sites for hydroxylation is 1. The summed E-state index contributed by atoms with van der Waals surface area (Å²) < 4.78 is 5.14. The summed E-state index contributed by atoms with van der Waals surface area (Å²) in [6.45, 7) is 2.51. The van der Waals surface area contributed by atoms with Gasteiger partial charge < -0.3 is 10.1 Å². The first-order chi connectivity index (χ1) is 10.1. The molecule has 0 spiro atoms. The number of amides is 3. The molecule has 1 N–H and O–H groups in total. The molecule has 1 aromatic carbocycles. The number of carbonyl (C=O) groups is 3. The Morgan fingerprint density at radius 1 is 1.29 bits per heavy atom. The molecule has 0 saturated carbocycles. The Morgan fingerprint density at radius 2 is 2.00 bits per heavy atom. The van der Waals surface area contributed by atoms with Crippen LogP contribution < -0.4 is 5.32 Å². The topological polar surface area (TPSA) is 75.7 Å². The Labute approximate surface area is 123 Å². The van der Waals surface area contributed by atoms with E-state index < -0.39 is 6.03 Å². The van der Waals surface area contributed by atoms with Crippen LogP contribution >= 0.6 is 0 Å². The molecule has 6 heteroatoms. The molecule has 21 heavy (non-hydrogen) atoms. The monoisotopic (exact) mass is 290 g/mol. The molecule has 2 rings (SSSR count). The molecule has 1 aliphatic rings. The largest absolute Gasteiger partial charge is 0.461 e. The molecular formula is C15H18N2O4. The van der Waals surface area contributed by atoms with E-state index in [9.17, 15) is 14.4 Å². The molecule has 0 radical (unpaired) electrons. The molecular weight excluding hydrogens is 272 g/mol. The normalized spacial score (nSPS) is 14.2. The highest BCUT2D eigenvalue weighted by Gasteiger charge is 2.27. The summed E-state index contributed by atoms with van der Waals surface area (Å²) in [6, 6.07) is 7.35. The Balaban J connectivity index is 1.67. The van der Waals surface area contributed by atoms with Gasteiger partial charge in [-0.1, -0.05) is 29.8 Å². The van der Waals surface area contributed by atoms with Gasteiger partial charge in [0.05, 0.1) is 6.54 Å². The van der Waals surface area contributed by atoms with Crippen molar-refractivity contribution in [1.82, 2.24) is 10.2 Å². The van der Waals surface area contributed by atoms with Crippen molar-refractivity contribution in [2.24, 2.45) is 0 Å². The van der Waals surface area contributed by atoms with E-state index in [-0.39, 0.29) is 38.0 Å². The average molecular weight is 290 g/mol. The van der Waals surface area contributed by atoms with Crippen LogP contribution in [0.1, 0.15) is 24.0 Å². The highest BCUT2D eigenvalue weighted by Crippen LogP contribution is 2.07. The standard InChI is InChI=1S/C15H18N2O4/c1-11-4-6-12(7-5-11)10-21-14(19)3-2-8-17-13(18)9-16-15(17)20/h4-7H,2-3,8-10H2,1H3,(H,16,20). The Bertz CT molecular complexity index is 523. The van der Waals surface area contributed by atoms with Gasteiger partial charge in [0.2, 0.25) is 5.91 Å². The lowest BCUT2D eigenvalue weighted by molar-refractivity contribution is -0.145. The van der Waals surface area contributed by atoms with Gasteiger partial charge in [0, 0.05) is 13.0 Å². The van der Waals surface area contributed by atoms with E-state index in [0.29, 0.717) is 6.42 Å². The predicted molar refractivity (Wildman–Crippen MR) is 75.3 cm³/mol. The van der Waals surface area contributed by atoms with Crippen molar-refractivity contribution < 1.29 is 19.1 Å². The van der Waals surface area contributed by atoms with Crippen molar-refractivity contribution in [2.45, 2.75) is 26.4 Å². The maximum absolute atomic E-state index is 11.6. The van der Waals surface area contributed by atoms with Gasteiger partial charge in [-0.25, -0.2) is 4.79 Å². The van der Waals surface area contributed by atoms with Gasteiger partial charge in [0.1, 0.15) is 6.61 Å². The first-order valence-electron chi connectivity index (χ1n) is 6.85. The van der Waals surface area contributed by atoms with Crippen molar-refractivity contribution in [1.29, 1.82) is 0 Å². The summed E-state index contributed by atoms with van der Waals surface area (Å²) in [5.41, 5.74) is 2.08. The van der Waals surface area contributed by atoms with E-state index in [1.165, 1.54) is 0 Å². The molecule has 112 valence electrons. The Morgan fingerprint density at radius 3 is 2.62 bits per heavy atom. The molecule has 1 heterocycles. The van der Waals surface area contributed by atoms with Gasteiger partial charge in [-0.3, -0.25) is 14.5 Å². The fourth-order valence-corrected chi connectivity index (χ4v) is 1.98. The smallest absolute Gasteiger partial charge is 0.324 e.